The second kappa shape index (κ2) is 8.42. The number of ether oxygens (including phenoxy) is 1. The Morgan fingerprint density at radius 3 is 3.10 bits per heavy atom. The van der Waals surface area contributed by atoms with E-state index in [1.807, 2.05) is 12.1 Å². The van der Waals surface area contributed by atoms with Gasteiger partial charge in [0.2, 0.25) is 5.91 Å². The van der Waals surface area contributed by atoms with Crippen molar-refractivity contribution in [2.75, 3.05) is 17.3 Å². The Kier molecular flexibility index (Phi) is 6.54. The molecular weight excluding hydrogens is 318 g/mol. The highest BCUT2D eigenvalue weighted by Crippen LogP contribution is 2.18. The number of carbonyl (C=O) groups excluding carboxylic acids is 1. The highest BCUT2D eigenvalue weighted by molar-refractivity contribution is 9.09. The number of halogens is 1. The van der Waals surface area contributed by atoms with Crippen LogP contribution in [0.2, 0.25) is 0 Å². The summed E-state index contributed by atoms with van der Waals surface area (Å²) >= 11 is 3.44. The minimum atomic E-state index is 0.0816. The largest absolute Gasteiger partial charge is 0.378 e. The van der Waals surface area contributed by atoms with Gasteiger partial charge in [-0.1, -0.05) is 28.1 Å². The highest BCUT2D eigenvalue weighted by atomic mass is 79.9. The molecule has 1 atom stereocenters. The van der Waals surface area contributed by atoms with Crippen LogP contribution in [-0.4, -0.2) is 23.9 Å². The maximum absolute atomic E-state index is 11.9. The third-order valence-corrected chi connectivity index (χ3v) is 4.09. The maximum Gasteiger partial charge on any atom is 0.224 e. The highest BCUT2D eigenvalue weighted by Gasteiger charge is 2.16. The van der Waals surface area contributed by atoms with E-state index in [2.05, 4.69) is 33.4 Å². The summed E-state index contributed by atoms with van der Waals surface area (Å²) < 4.78 is 5.53. The number of nitrogens with one attached hydrogen (secondary N) is 1. The molecule has 2 rings (SSSR count). The Bertz CT molecular complexity index is 430. The van der Waals surface area contributed by atoms with Crippen molar-refractivity contribution in [2.24, 2.45) is 0 Å². The molecule has 1 amide bonds. The second-order valence-electron chi connectivity index (χ2n) is 5.21. The van der Waals surface area contributed by atoms with Gasteiger partial charge in [0.15, 0.2) is 0 Å². The summed E-state index contributed by atoms with van der Waals surface area (Å²) in [5.41, 5.74) is 2.16. The number of aryl methyl sites for hydroxylation is 1. The first-order valence-corrected chi connectivity index (χ1v) is 8.46. The van der Waals surface area contributed by atoms with Gasteiger partial charge in [-0.25, -0.2) is 0 Å². The van der Waals surface area contributed by atoms with E-state index in [4.69, 9.17) is 4.74 Å². The zero-order chi connectivity index (χ0) is 14.2. The van der Waals surface area contributed by atoms with Gasteiger partial charge < -0.3 is 10.1 Å². The molecule has 4 heteroatoms. The molecule has 0 bridgehead atoms. The van der Waals surface area contributed by atoms with Crippen molar-refractivity contribution in [2.45, 2.75) is 44.6 Å². The number of anilines is 1. The first kappa shape index (κ1) is 15.5. The molecule has 1 aliphatic heterocycles. The van der Waals surface area contributed by atoms with E-state index < -0.39 is 0 Å². The molecular formula is C16H22BrNO2. The minimum Gasteiger partial charge on any atom is -0.378 e. The fraction of sp³-hybridized carbons (Fsp3) is 0.562. The van der Waals surface area contributed by atoms with Gasteiger partial charge in [-0.3, -0.25) is 4.79 Å². The number of carbonyl (C=O) groups is 1. The molecule has 3 nitrogen and oxygen atoms in total. The smallest absolute Gasteiger partial charge is 0.224 e. The summed E-state index contributed by atoms with van der Waals surface area (Å²) in [6.45, 7) is 0.849. The van der Waals surface area contributed by atoms with Crippen molar-refractivity contribution >= 4 is 27.5 Å². The van der Waals surface area contributed by atoms with Crippen molar-refractivity contribution < 1.29 is 9.53 Å². The predicted octanol–water partition coefficient (Wildman–Crippen LogP) is 3.91. The van der Waals surface area contributed by atoms with Gasteiger partial charge in [0.1, 0.15) is 0 Å². The van der Waals surface area contributed by atoms with Crippen LogP contribution in [0, 0.1) is 0 Å². The summed E-state index contributed by atoms with van der Waals surface area (Å²) in [5.74, 6) is 0.0816. The lowest BCUT2D eigenvalue weighted by molar-refractivity contribution is -0.116. The minimum absolute atomic E-state index is 0.0816. The molecule has 0 radical (unpaired) electrons. The molecule has 1 fully saturated rings. The van der Waals surface area contributed by atoms with E-state index in [0.29, 0.717) is 6.42 Å². The Balaban J connectivity index is 1.77. The topological polar surface area (TPSA) is 38.3 Å². The number of amides is 1. The Morgan fingerprint density at radius 1 is 1.45 bits per heavy atom. The van der Waals surface area contributed by atoms with Gasteiger partial charge in [-0.05, 0) is 49.8 Å². The lowest BCUT2D eigenvalue weighted by Gasteiger charge is -2.10. The Labute approximate surface area is 129 Å². The predicted molar refractivity (Wildman–Crippen MR) is 85.4 cm³/mol. The van der Waals surface area contributed by atoms with E-state index in [1.54, 1.807) is 0 Å². The SMILES string of the molecule is O=C(CCC1CCCO1)Nc1cccc(CCCBr)c1. The third kappa shape index (κ3) is 5.25. The van der Waals surface area contributed by atoms with Crippen molar-refractivity contribution in [3.8, 4) is 0 Å². The molecule has 1 unspecified atom stereocenters. The van der Waals surface area contributed by atoms with E-state index in [-0.39, 0.29) is 12.0 Å². The Morgan fingerprint density at radius 2 is 2.35 bits per heavy atom. The average molecular weight is 340 g/mol. The van der Waals surface area contributed by atoms with E-state index >= 15 is 0 Å². The van der Waals surface area contributed by atoms with Crippen LogP contribution in [0.15, 0.2) is 24.3 Å². The van der Waals surface area contributed by atoms with Crippen LogP contribution in [-0.2, 0) is 16.0 Å². The molecule has 0 aliphatic carbocycles. The zero-order valence-electron chi connectivity index (χ0n) is 11.7. The van der Waals surface area contributed by atoms with Crippen LogP contribution in [0.1, 0.15) is 37.7 Å². The molecule has 1 heterocycles. The molecule has 0 aromatic heterocycles. The van der Waals surface area contributed by atoms with Crippen molar-refractivity contribution in [3.05, 3.63) is 29.8 Å². The quantitative estimate of drug-likeness (QED) is 0.764. The second-order valence-corrected chi connectivity index (χ2v) is 6.01. The number of hydrogen-bond donors (Lipinski definition) is 1. The van der Waals surface area contributed by atoms with E-state index in [9.17, 15) is 4.79 Å². The summed E-state index contributed by atoms with van der Waals surface area (Å²) in [7, 11) is 0. The summed E-state index contributed by atoms with van der Waals surface area (Å²) in [4.78, 5) is 11.9. The van der Waals surface area contributed by atoms with Gasteiger partial charge in [-0.15, -0.1) is 0 Å². The lowest BCUT2D eigenvalue weighted by Crippen LogP contribution is -2.15. The zero-order valence-corrected chi connectivity index (χ0v) is 13.3. The molecule has 1 aliphatic rings. The van der Waals surface area contributed by atoms with Gasteiger partial charge >= 0.3 is 0 Å². The van der Waals surface area contributed by atoms with Crippen molar-refractivity contribution in [1.29, 1.82) is 0 Å². The summed E-state index contributed by atoms with van der Waals surface area (Å²) in [6.07, 6.45) is 6.01. The number of alkyl halides is 1. The summed E-state index contributed by atoms with van der Waals surface area (Å²) in [5, 5.41) is 3.98. The monoisotopic (exact) mass is 339 g/mol. The molecule has 1 aromatic carbocycles. The molecule has 1 saturated heterocycles. The van der Waals surface area contributed by atoms with E-state index in [1.165, 1.54) is 5.56 Å². The number of hydrogen-bond acceptors (Lipinski definition) is 2. The normalized spacial score (nSPS) is 18.1. The van der Waals surface area contributed by atoms with E-state index in [0.717, 1.165) is 49.7 Å². The van der Waals surface area contributed by atoms with Crippen LogP contribution in [0.5, 0.6) is 0 Å². The molecule has 0 spiro atoms. The van der Waals surface area contributed by atoms with Gasteiger partial charge in [0.05, 0.1) is 6.10 Å². The lowest BCUT2D eigenvalue weighted by atomic mass is 10.1. The molecule has 1 aromatic rings. The van der Waals surface area contributed by atoms with Gasteiger partial charge in [0, 0.05) is 24.0 Å². The first-order chi connectivity index (χ1) is 9.78. The van der Waals surface area contributed by atoms with Crippen LogP contribution in [0.4, 0.5) is 5.69 Å². The number of rotatable bonds is 7. The third-order valence-electron chi connectivity index (χ3n) is 3.53. The average Bonchev–Trinajstić information content (AvgIpc) is 2.97. The standard InChI is InChI=1S/C16H22BrNO2/c17-10-2-5-13-4-1-6-14(12-13)18-16(19)9-8-15-7-3-11-20-15/h1,4,6,12,15H,2-3,5,7-11H2,(H,18,19). The van der Waals surface area contributed by atoms with Crippen molar-refractivity contribution in [3.63, 3.8) is 0 Å². The fourth-order valence-electron chi connectivity index (χ4n) is 2.46. The molecule has 0 saturated carbocycles. The van der Waals surface area contributed by atoms with Gasteiger partial charge in [-0.2, -0.15) is 0 Å². The molecule has 20 heavy (non-hydrogen) atoms. The maximum atomic E-state index is 11.9. The molecule has 110 valence electrons. The summed E-state index contributed by atoms with van der Waals surface area (Å²) in [6, 6.07) is 8.11. The first-order valence-electron chi connectivity index (χ1n) is 7.34. The molecule has 1 N–H and O–H groups in total. The van der Waals surface area contributed by atoms with Gasteiger partial charge in [0.25, 0.3) is 0 Å². The van der Waals surface area contributed by atoms with Crippen LogP contribution >= 0.6 is 15.9 Å². The van der Waals surface area contributed by atoms with Crippen LogP contribution in [0.3, 0.4) is 0 Å². The number of benzene rings is 1. The van der Waals surface area contributed by atoms with Crippen molar-refractivity contribution in [1.82, 2.24) is 0 Å². The fourth-order valence-corrected chi connectivity index (χ4v) is 2.74. The Hall–Kier alpha value is -0.870. The van der Waals surface area contributed by atoms with Crippen LogP contribution in [0.25, 0.3) is 0 Å². The van der Waals surface area contributed by atoms with Crippen LogP contribution < -0.4 is 5.32 Å².